The van der Waals surface area contributed by atoms with Gasteiger partial charge in [-0.15, -0.1) is 11.3 Å². The van der Waals surface area contributed by atoms with Gasteiger partial charge >= 0.3 is 0 Å². The van der Waals surface area contributed by atoms with Crippen molar-refractivity contribution in [2.45, 2.75) is 38.0 Å². The molecule has 1 fully saturated rings. The Morgan fingerprint density at radius 2 is 1.08 bits per heavy atom. The third kappa shape index (κ3) is 6.14. The summed E-state index contributed by atoms with van der Waals surface area (Å²) in [5.41, 5.74) is 14.0. The number of thiophene rings is 1. The van der Waals surface area contributed by atoms with Crippen LogP contribution in [0, 0.1) is 0 Å². The number of rotatable bonds is 7. The van der Waals surface area contributed by atoms with E-state index < -0.39 is 0 Å². The molecule has 0 spiro atoms. The summed E-state index contributed by atoms with van der Waals surface area (Å²) in [6.07, 6.45) is 6.47. The highest BCUT2D eigenvalue weighted by atomic mass is 32.1. The van der Waals surface area contributed by atoms with Crippen LogP contribution in [0.3, 0.4) is 0 Å². The fourth-order valence-corrected chi connectivity index (χ4v) is 11.4. The maximum absolute atomic E-state index is 6.37. The van der Waals surface area contributed by atoms with E-state index in [-0.39, 0.29) is 0 Å². The van der Waals surface area contributed by atoms with Gasteiger partial charge in [-0.05, 0) is 118 Å². The Balaban J connectivity index is 1.06. The fraction of sp³-hybridized carbons (Fsp3) is 0.103. The van der Waals surface area contributed by atoms with Crippen LogP contribution in [0.4, 0.5) is 17.1 Å². The molecule has 292 valence electrons. The zero-order valence-corrected chi connectivity index (χ0v) is 34.7. The predicted molar refractivity (Wildman–Crippen MR) is 261 cm³/mol. The Kier molecular flexibility index (Phi) is 8.82. The van der Waals surface area contributed by atoms with Gasteiger partial charge in [0, 0.05) is 47.9 Å². The minimum atomic E-state index is 0.581. The number of benzene rings is 9. The smallest absolute Gasteiger partial charge is 0.136 e. The Bertz CT molecular complexity index is 3410. The van der Waals surface area contributed by atoms with Crippen LogP contribution in [0.5, 0.6) is 0 Å². The normalized spacial score (nSPS) is 13.5. The van der Waals surface area contributed by atoms with E-state index in [0.717, 1.165) is 50.1 Å². The van der Waals surface area contributed by atoms with E-state index in [0.29, 0.717) is 5.92 Å². The number of hydrogen-bond donors (Lipinski definition) is 0. The number of anilines is 3. The molecule has 0 saturated heterocycles. The molecule has 2 aromatic heterocycles. The Morgan fingerprint density at radius 3 is 1.97 bits per heavy atom. The van der Waals surface area contributed by atoms with Gasteiger partial charge in [0.25, 0.3) is 0 Å². The quantitative estimate of drug-likeness (QED) is 0.160. The highest BCUT2D eigenvalue weighted by Gasteiger charge is 2.24. The standard InChI is InChI=1S/C58H43NOS/c1-2-15-38(16-3-1)44-24-11-17-40-18-12-27-48(56(40)44)47-21-4-7-28-51(47)59(42-35-33-39(34-36-42)45-26-14-32-55-58(45)50-23-6-9-31-54(50)61-55)43-20-10-19-41(37-43)46-25-13-30-53-57(46)49-22-5-8-29-52(49)60-53/h4-14,17-38H,1-3,15-16H2. The molecule has 0 bridgehead atoms. The molecule has 1 aliphatic rings. The van der Waals surface area contributed by atoms with Crippen LogP contribution >= 0.6 is 11.3 Å². The molecular formula is C58H43NOS. The van der Waals surface area contributed by atoms with E-state index in [2.05, 4.69) is 193 Å². The molecule has 0 amide bonds. The van der Waals surface area contributed by atoms with Crippen molar-refractivity contribution in [1.82, 2.24) is 0 Å². The van der Waals surface area contributed by atoms with E-state index in [4.69, 9.17) is 4.42 Å². The molecule has 12 rings (SSSR count). The Morgan fingerprint density at radius 1 is 0.426 bits per heavy atom. The number of para-hydroxylation sites is 2. The van der Waals surface area contributed by atoms with Crippen LogP contribution in [-0.2, 0) is 0 Å². The van der Waals surface area contributed by atoms with E-state index in [1.165, 1.54) is 90.9 Å². The van der Waals surface area contributed by atoms with Crippen molar-refractivity contribution < 1.29 is 4.42 Å². The van der Waals surface area contributed by atoms with Crippen molar-refractivity contribution in [3.8, 4) is 33.4 Å². The molecule has 11 aromatic rings. The number of furan rings is 1. The molecule has 61 heavy (non-hydrogen) atoms. The van der Waals surface area contributed by atoms with Gasteiger partial charge in [-0.1, -0.05) is 159 Å². The van der Waals surface area contributed by atoms with Crippen molar-refractivity contribution in [3.63, 3.8) is 0 Å². The van der Waals surface area contributed by atoms with Crippen LogP contribution in [0.15, 0.2) is 199 Å². The second-order valence-corrected chi connectivity index (χ2v) is 17.7. The van der Waals surface area contributed by atoms with Crippen molar-refractivity contribution in [2.75, 3.05) is 4.90 Å². The van der Waals surface area contributed by atoms with E-state index in [9.17, 15) is 0 Å². The second kappa shape index (κ2) is 15.0. The molecule has 1 saturated carbocycles. The van der Waals surface area contributed by atoms with Crippen LogP contribution in [-0.4, -0.2) is 0 Å². The van der Waals surface area contributed by atoms with Gasteiger partial charge in [0.2, 0.25) is 0 Å². The van der Waals surface area contributed by atoms with Gasteiger partial charge in [0.1, 0.15) is 11.2 Å². The zero-order valence-electron chi connectivity index (χ0n) is 33.9. The van der Waals surface area contributed by atoms with Crippen molar-refractivity contribution in [3.05, 3.63) is 200 Å². The van der Waals surface area contributed by atoms with Crippen LogP contribution in [0.2, 0.25) is 0 Å². The summed E-state index contributed by atoms with van der Waals surface area (Å²) < 4.78 is 9.01. The lowest BCUT2D eigenvalue weighted by Gasteiger charge is -2.29. The molecule has 0 atom stereocenters. The highest BCUT2D eigenvalue weighted by molar-refractivity contribution is 7.25. The monoisotopic (exact) mass is 801 g/mol. The van der Waals surface area contributed by atoms with Gasteiger partial charge in [0.15, 0.2) is 0 Å². The average molecular weight is 802 g/mol. The molecule has 2 heterocycles. The van der Waals surface area contributed by atoms with E-state index in [1.54, 1.807) is 0 Å². The largest absolute Gasteiger partial charge is 0.456 e. The Hall–Kier alpha value is -6.94. The molecule has 9 aromatic carbocycles. The number of fused-ring (bicyclic) bond motifs is 7. The SMILES string of the molecule is c1cc(-c2cccc3oc4ccccc4c23)cc(N(c2ccc(-c3cccc4sc5ccccc5c34)cc2)c2ccccc2-c2cccc3cccc(C4CCCCC4)c23)c1. The highest BCUT2D eigenvalue weighted by Crippen LogP contribution is 2.48. The molecule has 0 unspecified atom stereocenters. The molecule has 2 nitrogen and oxygen atoms in total. The lowest BCUT2D eigenvalue weighted by Crippen LogP contribution is -2.11. The van der Waals surface area contributed by atoms with Crippen LogP contribution in [0.25, 0.3) is 86.3 Å². The summed E-state index contributed by atoms with van der Waals surface area (Å²) in [5, 5.41) is 7.63. The van der Waals surface area contributed by atoms with Gasteiger partial charge in [-0.25, -0.2) is 0 Å². The minimum Gasteiger partial charge on any atom is -0.456 e. The first-order valence-corrected chi connectivity index (χ1v) is 22.5. The first kappa shape index (κ1) is 36.0. The van der Waals surface area contributed by atoms with Gasteiger partial charge in [-0.3, -0.25) is 0 Å². The van der Waals surface area contributed by atoms with Gasteiger partial charge in [-0.2, -0.15) is 0 Å². The Labute approximate surface area is 360 Å². The summed E-state index contributed by atoms with van der Waals surface area (Å²) in [5.74, 6) is 0.581. The van der Waals surface area contributed by atoms with Gasteiger partial charge in [0.05, 0.1) is 5.69 Å². The van der Waals surface area contributed by atoms with E-state index >= 15 is 0 Å². The molecule has 0 aliphatic heterocycles. The van der Waals surface area contributed by atoms with Crippen molar-refractivity contribution in [2.24, 2.45) is 0 Å². The van der Waals surface area contributed by atoms with Crippen LogP contribution < -0.4 is 4.90 Å². The summed E-state index contributed by atoms with van der Waals surface area (Å²) in [7, 11) is 0. The van der Waals surface area contributed by atoms with Crippen LogP contribution in [0.1, 0.15) is 43.6 Å². The predicted octanol–water partition coefficient (Wildman–Crippen LogP) is 17.6. The topological polar surface area (TPSA) is 16.4 Å². The van der Waals surface area contributed by atoms with Crippen molar-refractivity contribution in [1.29, 1.82) is 0 Å². The molecule has 0 N–H and O–H groups in total. The number of nitrogens with zero attached hydrogens (tertiary/aromatic N) is 1. The maximum atomic E-state index is 6.37. The summed E-state index contributed by atoms with van der Waals surface area (Å²) in [6, 6.07) is 71.5. The average Bonchev–Trinajstić information content (AvgIpc) is 3.91. The number of hydrogen-bond acceptors (Lipinski definition) is 3. The van der Waals surface area contributed by atoms with Gasteiger partial charge < -0.3 is 9.32 Å². The lowest BCUT2D eigenvalue weighted by molar-refractivity contribution is 0.445. The second-order valence-electron chi connectivity index (χ2n) is 16.6. The molecule has 0 radical (unpaired) electrons. The molecular weight excluding hydrogens is 759 g/mol. The van der Waals surface area contributed by atoms with E-state index in [1.807, 2.05) is 17.4 Å². The minimum absolute atomic E-state index is 0.581. The first-order valence-electron chi connectivity index (χ1n) is 21.7. The maximum Gasteiger partial charge on any atom is 0.136 e. The molecule has 1 aliphatic carbocycles. The van der Waals surface area contributed by atoms with Crippen molar-refractivity contribution >= 4 is 81.3 Å². The first-order chi connectivity index (χ1) is 30.3. The zero-order chi connectivity index (χ0) is 40.3. The third-order valence-corrected chi connectivity index (χ3v) is 14.2. The summed E-state index contributed by atoms with van der Waals surface area (Å²) >= 11 is 1.87. The molecule has 3 heteroatoms. The summed E-state index contributed by atoms with van der Waals surface area (Å²) in [4.78, 5) is 2.47. The summed E-state index contributed by atoms with van der Waals surface area (Å²) in [6.45, 7) is 0. The lowest BCUT2D eigenvalue weighted by atomic mass is 9.80. The third-order valence-electron chi connectivity index (χ3n) is 13.1. The fourth-order valence-electron chi connectivity index (χ4n) is 10.3.